The van der Waals surface area contributed by atoms with E-state index in [9.17, 15) is 4.79 Å². The Morgan fingerprint density at radius 2 is 1.93 bits per heavy atom. The molecule has 28 heavy (non-hydrogen) atoms. The van der Waals surface area contributed by atoms with Gasteiger partial charge in [-0.1, -0.05) is 12.1 Å². The minimum atomic E-state index is 0.120. The molecule has 3 heterocycles. The second-order valence-corrected chi connectivity index (χ2v) is 6.92. The Bertz CT molecular complexity index is 976. The average Bonchev–Trinajstić information content (AvgIpc) is 3.11. The number of anilines is 2. The predicted octanol–water partition coefficient (Wildman–Crippen LogP) is 1.92. The quantitative estimate of drug-likeness (QED) is 0.730. The summed E-state index contributed by atoms with van der Waals surface area (Å²) >= 11 is 0. The van der Waals surface area contributed by atoms with Crippen molar-refractivity contribution in [2.45, 2.75) is 20.4 Å². The molecule has 1 amide bonds. The smallest absolute Gasteiger partial charge is 0.242 e. The molecule has 1 fully saturated rings. The van der Waals surface area contributed by atoms with E-state index >= 15 is 0 Å². The van der Waals surface area contributed by atoms with Gasteiger partial charge in [-0.3, -0.25) is 4.79 Å². The van der Waals surface area contributed by atoms with Crippen LogP contribution in [0.5, 0.6) is 0 Å². The summed E-state index contributed by atoms with van der Waals surface area (Å²) in [7, 11) is 0. The molecular weight excluding hydrogens is 354 g/mol. The number of hydrogen-bond acceptors (Lipinski definition) is 6. The highest BCUT2D eigenvalue weighted by atomic mass is 16.2. The largest absolute Gasteiger partial charge is 0.370 e. The molecule has 8 heteroatoms. The van der Waals surface area contributed by atoms with E-state index in [1.807, 2.05) is 53.6 Å². The highest BCUT2D eigenvalue weighted by Gasteiger charge is 2.23. The number of piperazine rings is 1. The Morgan fingerprint density at radius 1 is 1.14 bits per heavy atom. The number of hydrogen-bond donors (Lipinski definition) is 1. The van der Waals surface area contributed by atoms with Crippen molar-refractivity contribution in [3.63, 3.8) is 0 Å². The van der Waals surface area contributed by atoms with Crippen LogP contribution in [0.25, 0.3) is 11.0 Å². The number of nitrogens with one attached hydrogen (secondary N) is 1. The summed E-state index contributed by atoms with van der Waals surface area (Å²) in [6.07, 6.45) is 1.74. The SMILES string of the molecule is CCNc1cc(N2CCN(C(=O)Cn3cnc4ccccc43)CC2)nc(C)n1. The molecule has 0 atom stereocenters. The topological polar surface area (TPSA) is 79.2 Å². The van der Waals surface area contributed by atoms with Gasteiger partial charge < -0.3 is 19.7 Å². The molecule has 0 radical (unpaired) electrons. The Labute approximate surface area is 164 Å². The number of imidazole rings is 1. The van der Waals surface area contributed by atoms with Crippen molar-refractivity contribution in [3.8, 4) is 0 Å². The van der Waals surface area contributed by atoms with Crippen molar-refractivity contribution in [1.29, 1.82) is 0 Å². The fraction of sp³-hybridized carbons (Fsp3) is 0.400. The molecule has 3 aromatic rings. The van der Waals surface area contributed by atoms with E-state index in [4.69, 9.17) is 0 Å². The number of benzene rings is 1. The summed E-state index contributed by atoms with van der Waals surface area (Å²) in [5.41, 5.74) is 1.90. The van der Waals surface area contributed by atoms with Gasteiger partial charge in [0.25, 0.3) is 0 Å². The number of fused-ring (bicyclic) bond motifs is 1. The molecule has 8 nitrogen and oxygen atoms in total. The molecule has 0 aliphatic carbocycles. The van der Waals surface area contributed by atoms with Crippen molar-refractivity contribution in [2.24, 2.45) is 0 Å². The summed E-state index contributed by atoms with van der Waals surface area (Å²) in [4.78, 5) is 30.2. The third kappa shape index (κ3) is 3.76. The van der Waals surface area contributed by atoms with Crippen LogP contribution in [0.1, 0.15) is 12.7 Å². The molecule has 2 aromatic heterocycles. The first kappa shape index (κ1) is 18.2. The van der Waals surface area contributed by atoms with Crippen molar-refractivity contribution < 1.29 is 4.79 Å². The van der Waals surface area contributed by atoms with Crippen LogP contribution in [0, 0.1) is 6.92 Å². The summed E-state index contributed by atoms with van der Waals surface area (Å²) in [6, 6.07) is 9.85. The van der Waals surface area contributed by atoms with Gasteiger partial charge in [-0.15, -0.1) is 0 Å². The summed E-state index contributed by atoms with van der Waals surface area (Å²) in [5, 5.41) is 3.24. The van der Waals surface area contributed by atoms with Crippen LogP contribution in [-0.4, -0.2) is 63.0 Å². The lowest BCUT2D eigenvalue weighted by Crippen LogP contribution is -2.49. The Hall–Kier alpha value is -3.16. The summed E-state index contributed by atoms with van der Waals surface area (Å²) in [6.45, 7) is 7.98. The van der Waals surface area contributed by atoms with E-state index in [0.717, 1.165) is 48.1 Å². The van der Waals surface area contributed by atoms with Crippen LogP contribution < -0.4 is 10.2 Å². The minimum Gasteiger partial charge on any atom is -0.370 e. The van der Waals surface area contributed by atoms with Gasteiger partial charge in [0.2, 0.25) is 5.91 Å². The average molecular weight is 379 g/mol. The first-order chi connectivity index (χ1) is 13.6. The van der Waals surface area contributed by atoms with E-state index in [-0.39, 0.29) is 5.91 Å². The highest BCUT2D eigenvalue weighted by molar-refractivity contribution is 5.80. The number of aromatic nitrogens is 4. The zero-order chi connectivity index (χ0) is 19.5. The monoisotopic (exact) mass is 379 g/mol. The molecular formula is C20H25N7O. The maximum absolute atomic E-state index is 12.8. The minimum absolute atomic E-state index is 0.120. The van der Waals surface area contributed by atoms with Gasteiger partial charge in [0, 0.05) is 38.8 Å². The zero-order valence-electron chi connectivity index (χ0n) is 16.3. The van der Waals surface area contributed by atoms with Crippen LogP contribution in [0.3, 0.4) is 0 Å². The Balaban J connectivity index is 1.39. The van der Waals surface area contributed by atoms with Gasteiger partial charge in [-0.2, -0.15) is 0 Å². The molecule has 0 saturated carbocycles. The lowest BCUT2D eigenvalue weighted by Gasteiger charge is -2.35. The molecule has 1 aliphatic rings. The van der Waals surface area contributed by atoms with Gasteiger partial charge in [0.15, 0.2) is 0 Å². The predicted molar refractivity (Wildman–Crippen MR) is 109 cm³/mol. The normalized spacial score (nSPS) is 14.5. The lowest BCUT2D eigenvalue weighted by molar-refractivity contribution is -0.132. The number of nitrogens with zero attached hydrogens (tertiary/aromatic N) is 6. The molecule has 0 unspecified atom stereocenters. The number of para-hydroxylation sites is 2. The lowest BCUT2D eigenvalue weighted by atomic mass is 10.3. The molecule has 0 bridgehead atoms. The van der Waals surface area contributed by atoms with Gasteiger partial charge in [-0.25, -0.2) is 15.0 Å². The van der Waals surface area contributed by atoms with Crippen molar-refractivity contribution in [3.05, 3.63) is 42.5 Å². The van der Waals surface area contributed by atoms with Crippen LogP contribution in [0.4, 0.5) is 11.6 Å². The first-order valence-corrected chi connectivity index (χ1v) is 9.66. The van der Waals surface area contributed by atoms with Crippen LogP contribution in [0.15, 0.2) is 36.7 Å². The van der Waals surface area contributed by atoms with E-state index < -0.39 is 0 Å². The third-order valence-corrected chi connectivity index (χ3v) is 4.97. The summed E-state index contributed by atoms with van der Waals surface area (Å²) < 4.78 is 1.92. The number of carbonyl (C=O) groups excluding carboxylic acids is 1. The third-order valence-electron chi connectivity index (χ3n) is 4.97. The van der Waals surface area contributed by atoms with Gasteiger partial charge >= 0.3 is 0 Å². The van der Waals surface area contributed by atoms with Gasteiger partial charge in [0.1, 0.15) is 24.0 Å². The fourth-order valence-electron chi connectivity index (χ4n) is 3.55. The molecule has 0 spiro atoms. The van der Waals surface area contributed by atoms with Crippen molar-refractivity contribution in [1.82, 2.24) is 24.4 Å². The molecule has 1 aromatic carbocycles. The first-order valence-electron chi connectivity index (χ1n) is 9.66. The van der Waals surface area contributed by atoms with Crippen molar-refractivity contribution >= 4 is 28.6 Å². The van der Waals surface area contributed by atoms with E-state index in [2.05, 4.69) is 25.2 Å². The molecule has 1 aliphatic heterocycles. The second-order valence-electron chi connectivity index (χ2n) is 6.92. The maximum atomic E-state index is 12.8. The van der Waals surface area contributed by atoms with Crippen molar-refractivity contribution in [2.75, 3.05) is 42.9 Å². The number of aryl methyl sites for hydroxylation is 1. The molecule has 4 rings (SSSR count). The van der Waals surface area contributed by atoms with Gasteiger partial charge in [0.05, 0.1) is 17.4 Å². The molecule has 1 saturated heterocycles. The maximum Gasteiger partial charge on any atom is 0.242 e. The van der Waals surface area contributed by atoms with E-state index in [1.54, 1.807) is 6.33 Å². The van der Waals surface area contributed by atoms with Crippen LogP contribution in [-0.2, 0) is 11.3 Å². The molecule has 1 N–H and O–H groups in total. The number of rotatable bonds is 5. The number of amides is 1. The summed E-state index contributed by atoms with van der Waals surface area (Å²) in [5.74, 6) is 2.63. The molecule has 146 valence electrons. The Morgan fingerprint density at radius 3 is 2.71 bits per heavy atom. The standard InChI is InChI=1S/C20H25N7O/c1-3-21-18-12-19(24-15(2)23-18)25-8-10-26(11-9-25)20(28)13-27-14-22-16-6-4-5-7-17(16)27/h4-7,12,14H,3,8-11,13H2,1-2H3,(H,21,23,24). The number of carbonyl (C=O) groups is 1. The van der Waals surface area contributed by atoms with E-state index in [0.29, 0.717) is 19.6 Å². The van der Waals surface area contributed by atoms with Crippen LogP contribution >= 0.6 is 0 Å². The van der Waals surface area contributed by atoms with E-state index in [1.165, 1.54) is 0 Å². The zero-order valence-corrected chi connectivity index (χ0v) is 16.3. The highest BCUT2D eigenvalue weighted by Crippen LogP contribution is 2.18. The van der Waals surface area contributed by atoms with Gasteiger partial charge in [-0.05, 0) is 26.0 Å². The Kier molecular flexibility index (Phi) is 5.10. The second kappa shape index (κ2) is 7.84. The van der Waals surface area contributed by atoms with Crippen LogP contribution in [0.2, 0.25) is 0 Å². The fourth-order valence-corrected chi connectivity index (χ4v) is 3.55.